The smallest absolute Gasteiger partial charge is 0.305 e. The van der Waals surface area contributed by atoms with Crippen molar-refractivity contribution in [1.82, 2.24) is 5.32 Å². The zero-order chi connectivity index (χ0) is 14.5. The fraction of sp³-hybridized carbons (Fsp3) is 0.200. The molecule has 0 saturated carbocycles. The Bertz CT molecular complexity index is 587. The largest absolute Gasteiger partial charge is 0.481 e. The van der Waals surface area contributed by atoms with Crippen LogP contribution in [0.25, 0.3) is 0 Å². The average Bonchev–Trinajstić information content (AvgIpc) is 2.92. The highest BCUT2D eigenvalue weighted by atomic mass is 16.4. The lowest BCUT2D eigenvalue weighted by molar-refractivity contribution is -0.137. The molecule has 5 heteroatoms. The minimum absolute atomic E-state index is 0.160. The number of hydrogen-bond donors (Lipinski definition) is 2. The molecule has 20 heavy (non-hydrogen) atoms. The quantitative estimate of drug-likeness (QED) is 0.877. The Balaban J connectivity index is 2.17. The molecule has 0 aliphatic rings. The van der Waals surface area contributed by atoms with E-state index in [2.05, 4.69) is 5.32 Å². The number of furan rings is 1. The van der Waals surface area contributed by atoms with Gasteiger partial charge in [0.25, 0.3) is 5.91 Å². The van der Waals surface area contributed by atoms with Gasteiger partial charge in [-0.25, -0.2) is 0 Å². The summed E-state index contributed by atoms with van der Waals surface area (Å²) in [6.45, 7) is 1.94. The van der Waals surface area contributed by atoms with E-state index in [-0.39, 0.29) is 12.2 Å². The maximum absolute atomic E-state index is 11.9. The van der Waals surface area contributed by atoms with Gasteiger partial charge in [-0.15, -0.1) is 0 Å². The number of benzene rings is 1. The molecule has 0 bridgehead atoms. The van der Waals surface area contributed by atoms with Crippen molar-refractivity contribution in [2.75, 3.05) is 0 Å². The number of carbonyl (C=O) groups excluding carboxylic acids is 1. The van der Waals surface area contributed by atoms with Gasteiger partial charge in [-0.1, -0.05) is 29.8 Å². The van der Waals surface area contributed by atoms with E-state index in [1.54, 1.807) is 6.07 Å². The first kappa shape index (κ1) is 13.9. The van der Waals surface area contributed by atoms with Crippen LogP contribution in [0.2, 0.25) is 0 Å². The van der Waals surface area contributed by atoms with Gasteiger partial charge in [0.2, 0.25) is 0 Å². The molecule has 104 valence electrons. The molecule has 0 fully saturated rings. The molecular formula is C15H15NO4. The summed E-state index contributed by atoms with van der Waals surface area (Å²) in [5, 5.41) is 11.6. The predicted octanol–water partition coefficient (Wildman–Crippen LogP) is 2.53. The van der Waals surface area contributed by atoms with E-state index in [1.165, 1.54) is 12.3 Å². The van der Waals surface area contributed by atoms with Crippen molar-refractivity contribution in [3.8, 4) is 0 Å². The highest BCUT2D eigenvalue weighted by Gasteiger charge is 2.20. The number of hydrogen-bond acceptors (Lipinski definition) is 3. The second-order valence-electron chi connectivity index (χ2n) is 4.51. The van der Waals surface area contributed by atoms with E-state index >= 15 is 0 Å². The number of carboxylic acid groups (broad SMARTS) is 1. The van der Waals surface area contributed by atoms with Crippen molar-refractivity contribution in [3.63, 3.8) is 0 Å². The van der Waals surface area contributed by atoms with Gasteiger partial charge < -0.3 is 14.8 Å². The van der Waals surface area contributed by atoms with Gasteiger partial charge >= 0.3 is 5.97 Å². The molecule has 1 amide bonds. The first-order valence-electron chi connectivity index (χ1n) is 6.19. The summed E-state index contributed by atoms with van der Waals surface area (Å²) in [6.07, 6.45) is 1.21. The van der Waals surface area contributed by atoms with Crippen LogP contribution in [0.15, 0.2) is 47.1 Å². The number of rotatable bonds is 5. The molecule has 0 radical (unpaired) electrons. The van der Waals surface area contributed by atoms with E-state index in [0.29, 0.717) is 0 Å². The molecule has 0 aliphatic carbocycles. The molecule has 2 N–H and O–H groups in total. The average molecular weight is 273 g/mol. The third-order valence-electron chi connectivity index (χ3n) is 2.91. The number of carboxylic acids is 1. The molecule has 1 atom stereocenters. The van der Waals surface area contributed by atoms with Crippen LogP contribution >= 0.6 is 0 Å². The molecule has 0 spiro atoms. The molecule has 1 aromatic heterocycles. The number of nitrogens with one attached hydrogen (secondary N) is 1. The SMILES string of the molecule is Cc1ccc(C(CC(=O)O)NC(=O)c2ccco2)cc1. The summed E-state index contributed by atoms with van der Waals surface area (Å²) in [5.41, 5.74) is 1.82. The molecular weight excluding hydrogens is 258 g/mol. The Kier molecular flexibility index (Phi) is 4.20. The molecule has 0 saturated heterocycles. The third-order valence-corrected chi connectivity index (χ3v) is 2.91. The van der Waals surface area contributed by atoms with E-state index in [4.69, 9.17) is 9.52 Å². The molecule has 0 aliphatic heterocycles. The maximum atomic E-state index is 11.9. The fourth-order valence-corrected chi connectivity index (χ4v) is 1.86. The lowest BCUT2D eigenvalue weighted by atomic mass is 10.0. The van der Waals surface area contributed by atoms with Crippen molar-refractivity contribution in [2.45, 2.75) is 19.4 Å². The van der Waals surface area contributed by atoms with Crippen molar-refractivity contribution in [2.24, 2.45) is 0 Å². The Morgan fingerprint density at radius 2 is 1.95 bits per heavy atom. The van der Waals surface area contributed by atoms with E-state index < -0.39 is 17.9 Å². The van der Waals surface area contributed by atoms with E-state index in [1.807, 2.05) is 31.2 Å². The van der Waals surface area contributed by atoms with Gasteiger partial charge in [0.1, 0.15) is 0 Å². The van der Waals surface area contributed by atoms with Crippen LogP contribution in [0, 0.1) is 6.92 Å². The van der Waals surface area contributed by atoms with Gasteiger partial charge in [0, 0.05) is 0 Å². The van der Waals surface area contributed by atoms with Crippen LogP contribution in [-0.4, -0.2) is 17.0 Å². The van der Waals surface area contributed by atoms with E-state index in [9.17, 15) is 9.59 Å². The molecule has 2 aromatic rings. The summed E-state index contributed by atoms with van der Waals surface area (Å²) >= 11 is 0. The normalized spacial score (nSPS) is 11.8. The van der Waals surface area contributed by atoms with Gasteiger partial charge in [0.05, 0.1) is 18.7 Å². The molecule has 1 unspecified atom stereocenters. The maximum Gasteiger partial charge on any atom is 0.305 e. The Morgan fingerprint density at radius 3 is 2.50 bits per heavy atom. The Morgan fingerprint density at radius 1 is 1.25 bits per heavy atom. The summed E-state index contributed by atoms with van der Waals surface area (Å²) in [6, 6.07) is 9.92. The fourth-order valence-electron chi connectivity index (χ4n) is 1.86. The van der Waals surface area contributed by atoms with Crippen LogP contribution in [0.5, 0.6) is 0 Å². The van der Waals surface area contributed by atoms with Crippen molar-refractivity contribution in [3.05, 3.63) is 59.5 Å². The van der Waals surface area contributed by atoms with E-state index in [0.717, 1.165) is 11.1 Å². The van der Waals surface area contributed by atoms with Crippen LogP contribution in [-0.2, 0) is 4.79 Å². The van der Waals surface area contributed by atoms with Crippen molar-refractivity contribution < 1.29 is 19.1 Å². The first-order chi connectivity index (χ1) is 9.56. The highest BCUT2D eigenvalue weighted by molar-refractivity contribution is 5.91. The van der Waals surface area contributed by atoms with Crippen LogP contribution in [0.1, 0.15) is 34.1 Å². The molecule has 2 rings (SSSR count). The molecule has 1 heterocycles. The minimum Gasteiger partial charge on any atom is -0.481 e. The Hall–Kier alpha value is -2.56. The zero-order valence-corrected chi connectivity index (χ0v) is 11.0. The zero-order valence-electron chi connectivity index (χ0n) is 11.0. The number of aryl methyl sites for hydroxylation is 1. The van der Waals surface area contributed by atoms with Gasteiger partial charge in [-0.3, -0.25) is 9.59 Å². The summed E-state index contributed by atoms with van der Waals surface area (Å²) < 4.78 is 5.00. The van der Waals surface area contributed by atoms with Crippen molar-refractivity contribution >= 4 is 11.9 Å². The topological polar surface area (TPSA) is 79.5 Å². The molecule has 5 nitrogen and oxygen atoms in total. The van der Waals surface area contributed by atoms with Crippen LogP contribution in [0.3, 0.4) is 0 Å². The third kappa shape index (κ3) is 3.47. The highest BCUT2D eigenvalue weighted by Crippen LogP contribution is 2.18. The second-order valence-corrected chi connectivity index (χ2v) is 4.51. The summed E-state index contributed by atoms with van der Waals surface area (Å²) in [4.78, 5) is 22.9. The predicted molar refractivity (Wildman–Crippen MR) is 72.3 cm³/mol. The standard InChI is InChI=1S/C15H15NO4/c1-10-4-6-11(7-5-10)12(9-14(17)18)16-15(19)13-3-2-8-20-13/h2-8,12H,9H2,1H3,(H,16,19)(H,17,18). The van der Waals surface area contributed by atoms with Gasteiger partial charge in [-0.05, 0) is 24.6 Å². The number of carbonyl (C=O) groups is 2. The summed E-state index contributed by atoms with van der Waals surface area (Å²) in [7, 11) is 0. The van der Waals surface area contributed by atoms with Crippen LogP contribution in [0.4, 0.5) is 0 Å². The first-order valence-corrected chi connectivity index (χ1v) is 6.19. The second kappa shape index (κ2) is 6.06. The van der Waals surface area contributed by atoms with Crippen molar-refractivity contribution in [1.29, 1.82) is 0 Å². The number of aliphatic carboxylic acids is 1. The van der Waals surface area contributed by atoms with Gasteiger partial charge in [0.15, 0.2) is 5.76 Å². The monoisotopic (exact) mass is 273 g/mol. The lowest BCUT2D eigenvalue weighted by Crippen LogP contribution is -2.29. The van der Waals surface area contributed by atoms with Gasteiger partial charge in [-0.2, -0.15) is 0 Å². The minimum atomic E-state index is -0.977. The Labute approximate surface area is 116 Å². The number of amides is 1. The lowest BCUT2D eigenvalue weighted by Gasteiger charge is -2.17. The molecule has 1 aromatic carbocycles. The summed E-state index contributed by atoms with van der Waals surface area (Å²) in [5.74, 6) is -1.25. The van der Waals surface area contributed by atoms with Crippen LogP contribution < -0.4 is 5.32 Å².